The number of nitrogens with one attached hydrogen (secondary N) is 1. The number of ether oxygens (including phenoxy) is 2. The first kappa shape index (κ1) is 24.3. The van der Waals surface area contributed by atoms with E-state index in [0.29, 0.717) is 18.3 Å². The van der Waals surface area contributed by atoms with Crippen LogP contribution in [0.15, 0.2) is 42.5 Å². The van der Waals surface area contributed by atoms with Crippen molar-refractivity contribution in [3.05, 3.63) is 64.7 Å². The lowest BCUT2D eigenvalue weighted by atomic mass is 9.54. The fraction of sp³-hybridized carbons (Fsp3) is 0.517. The number of rotatable bonds is 7. The zero-order chi connectivity index (χ0) is 24.5. The Morgan fingerprint density at radius 3 is 2.50 bits per heavy atom. The molecule has 2 aliphatic rings. The van der Waals surface area contributed by atoms with E-state index in [1.54, 1.807) is 6.92 Å². The third-order valence-corrected chi connectivity index (χ3v) is 8.11. The molecule has 1 amide bonds. The Bertz CT molecular complexity index is 1050. The minimum Gasteiger partial charge on any atom is -0.482 e. The average Bonchev–Trinajstić information content (AvgIpc) is 3.08. The second-order valence-corrected chi connectivity index (χ2v) is 9.99. The van der Waals surface area contributed by atoms with Crippen molar-refractivity contribution in [3.8, 4) is 5.75 Å². The Hall–Kier alpha value is -2.82. The lowest BCUT2D eigenvalue weighted by Crippen LogP contribution is -2.44. The molecule has 5 nitrogen and oxygen atoms in total. The number of esters is 1. The number of hydrogen-bond acceptors (Lipinski definition) is 4. The first-order chi connectivity index (χ1) is 16.3. The second-order valence-electron chi connectivity index (χ2n) is 9.99. The van der Waals surface area contributed by atoms with Crippen LogP contribution in [-0.4, -0.2) is 31.1 Å². The summed E-state index contributed by atoms with van der Waals surface area (Å²) in [5, 5.41) is 3.29. The molecule has 34 heavy (non-hydrogen) atoms. The molecule has 5 atom stereocenters. The summed E-state index contributed by atoms with van der Waals surface area (Å²) in [6.07, 6.45) is 2.73. The molecule has 1 N–H and O–H groups in total. The molecule has 0 radical (unpaired) electrons. The highest BCUT2D eigenvalue weighted by atomic mass is 16.6. The van der Waals surface area contributed by atoms with Gasteiger partial charge in [0.25, 0.3) is 0 Å². The minimum atomic E-state index is -0.362. The predicted octanol–water partition coefficient (Wildman–Crippen LogP) is 5.44. The Kier molecular flexibility index (Phi) is 7.01. The lowest BCUT2D eigenvalue weighted by molar-refractivity contribution is -0.145. The molecule has 0 bridgehead atoms. The van der Waals surface area contributed by atoms with Gasteiger partial charge in [-0.3, -0.25) is 4.79 Å². The smallest absolute Gasteiger partial charge is 0.344 e. The maximum atomic E-state index is 13.2. The van der Waals surface area contributed by atoms with E-state index in [0.717, 1.165) is 24.8 Å². The first-order valence-corrected chi connectivity index (χ1v) is 12.6. The number of amides is 1. The fourth-order valence-electron chi connectivity index (χ4n) is 6.50. The number of aryl methyl sites for hydroxylation is 2. The molecule has 1 aliphatic carbocycles. The van der Waals surface area contributed by atoms with Gasteiger partial charge >= 0.3 is 5.97 Å². The fourth-order valence-corrected chi connectivity index (χ4v) is 6.50. The van der Waals surface area contributed by atoms with Crippen LogP contribution in [0.1, 0.15) is 74.1 Å². The van der Waals surface area contributed by atoms with Crippen LogP contribution in [0.5, 0.6) is 5.75 Å². The molecule has 2 aromatic carbocycles. The normalized spacial score (nSPS) is 28.2. The van der Waals surface area contributed by atoms with Gasteiger partial charge in [0.1, 0.15) is 5.75 Å². The average molecular weight is 464 g/mol. The molecule has 2 aromatic rings. The summed E-state index contributed by atoms with van der Waals surface area (Å²) < 4.78 is 10.6. The van der Waals surface area contributed by atoms with Gasteiger partial charge in [-0.2, -0.15) is 0 Å². The van der Waals surface area contributed by atoms with Crippen molar-refractivity contribution in [3.63, 3.8) is 0 Å². The van der Waals surface area contributed by atoms with Crippen molar-refractivity contribution < 1.29 is 19.1 Å². The molecule has 1 saturated heterocycles. The van der Waals surface area contributed by atoms with Gasteiger partial charge in [-0.1, -0.05) is 42.8 Å². The van der Waals surface area contributed by atoms with Gasteiger partial charge in [0.05, 0.1) is 12.0 Å². The molecule has 5 heteroatoms. The van der Waals surface area contributed by atoms with Crippen LogP contribution >= 0.6 is 0 Å². The summed E-state index contributed by atoms with van der Waals surface area (Å²) in [5.74, 6) is 1.33. The second kappa shape index (κ2) is 9.81. The highest BCUT2D eigenvalue weighted by Crippen LogP contribution is 2.60. The Morgan fingerprint density at radius 2 is 1.85 bits per heavy atom. The Morgan fingerprint density at radius 1 is 1.12 bits per heavy atom. The quantitative estimate of drug-likeness (QED) is 0.556. The predicted molar refractivity (Wildman–Crippen MR) is 133 cm³/mol. The summed E-state index contributed by atoms with van der Waals surface area (Å²) in [5.41, 5.74) is 4.69. The number of benzene rings is 2. The summed E-state index contributed by atoms with van der Waals surface area (Å²) in [7, 11) is 0. The third-order valence-electron chi connectivity index (χ3n) is 8.11. The monoisotopic (exact) mass is 463 g/mol. The number of carbonyl (C=O) groups excluding carboxylic acids is 2. The van der Waals surface area contributed by atoms with E-state index in [4.69, 9.17) is 9.47 Å². The van der Waals surface area contributed by atoms with E-state index < -0.39 is 0 Å². The molecule has 0 spiro atoms. The first-order valence-electron chi connectivity index (χ1n) is 12.6. The molecule has 0 unspecified atom stereocenters. The van der Waals surface area contributed by atoms with E-state index >= 15 is 0 Å². The summed E-state index contributed by atoms with van der Waals surface area (Å²) in [4.78, 5) is 24.8. The topological polar surface area (TPSA) is 64.6 Å². The number of carbonyl (C=O) groups is 2. The van der Waals surface area contributed by atoms with Crippen molar-refractivity contribution in [2.75, 3.05) is 13.2 Å². The van der Waals surface area contributed by atoms with Gasteiger partial charge in [-0.05, 0) is 87.6 Å². The summed E-state index contributed by atoms with van der Waals surface area (Å²) >= 11 is 0. The lowest BCUT2D eigenvalue weighted by Gasteiger charge is -2.47. The molecule has 4 rings (SSSR count). The van der Waals surface area contributed by atoms with E-state index in [-0.39, 0.29) is 41.8 Å². The van der Waals surface area contributed by atoms with Crippen molar-refractivity contribution in [2.45, 2.75) is 71.8 Å². The van der Waals surface area contributed by atoms with Crippen LogP contribution in [0.4, 0.5) is 0 Å². The summed E-state index contributed by atoms with van der Waals surface area (Å²) in [6.45, 7) is 10.6. The molecular formula is C29H37NO4. The van der Waals surface area contributed by atoms with Gasteiger partial charge < -0.3 is 14.8 Å². The third kappa shape index (κ3) is 4.33. The summed E-state index contributed by atoms with van der Waals surface area (Å²) in [6, 6.07) is 15.1. The minimum absolute atomic E-state index is 0.0889. The molecule has 1 saturated carbocycles. The Labute approximate surface area is 203 Å². The maximum Gasteiger partial charge on any atom is 0.344 e. The highest BCUT2D eigenvalue weighted by molar-refractivity contribution is 5.86. The van der Waals surface area contributed by atoms with Crippen molar-refractivity contribution in [2.24, 2.45) is 11.3 Å². The SMILES string of the molecule is CCOC(=O)COc1ccc([C@@H]2CC[C@@]3(CC)C(=O)N[C@H](C)[C@H]3[C@H]2c2ccc(C)cc2)c(C)c1. The highest BCUT2D eigenvalue weighted by Gasteiger charge is 2.59. The molecule has 1 heterocycles. The van der Waals surface area contributed by atoms with Crippen LogP contribution in [0.2, 0.25) is 0 Å². The molecular weight excluding hydrogens is 426 g/mol. The molecule has 0 aromatic heterocycles. The standard InChI is InChI=1S/C29H37NO4/c1-6-29-15-14-24(23-13-12-22(16-19(23)4)34-17-25(31)33-7-2)26(21-10-8-18(3)9-11-21)27(29)20(5)30-28(29)32/h8-13,16,20,24,26-27H,6-7,14-15,17H2,1-5H3,(H,30,32)/t20-,24+,26+,27+,29-/m1/s1. The number of hydrogen-bond donors (Lipinski definition) is 1. The molecule has 1 aliphatic heterocycles. The number of fused-ring (bicyclic) bond motifs is 1. The van der Waals surface area contributed by atoms with E-state index in [1.165, 1.54) is 16.7 Å². The van der Waals surface area contributed by atoms with Gasteiger partial charge in [-0.15, -0.1) is 0 Å². The zero-order valence-electron chi connectivity index (χ0n) is 21.0. The van der Waals surface area contributed by atoms with Crippen molar-refractivity contribution in [1.29, 1.82) is 0 Å². The van der Waals surface area contributed by atoms with E-state index in [9.17, 15) is 9.59 Å². The van der Waals surface area contributed by atoms with Crippen LogP contribution in [-0.2, 0) is 14.3 Å². The largest absolute Gasteiger partial charge is 0.482 e. The van der Waals surface area contributed by atoms with E-state index in [2.05, 4.69) is 63.3 Å². The van der Waals surface area contributed by atoms with Crippen molar-refractivity contribution >= 4 is 11.9 Å². The zero-order valence-corrected chi connectivity index (χ0v) is 21.0. The van der Waals surface area contributed by atoms with Gasteiger partial charge in [0.15, 0.2) is 6.61 Å². The van der Waals surface area contributed by atoms with Crippen LogP contribution < -0.4 is 10.1 Å². The van der Waals surface area contributed by atoms with Gasteiger partial charge in [0.2, 0.25) is 5.91 Å². The van der Waals surface area contributed by atoms with Crippen LogP contribution in [0.3, 0.4) is 0 Å². The van der Waals surface area contributed by atoms with Crippen LogP contribution in [0.25, 0.3) is 0 Å². The molecule has 182 valence electrons. The van der Waals surface area contributed by atoms with Gasteiger partial charge in [0, 0.05) is 12.0 Å². The van der Waals surface area contributed by atoms with Crippen LogP contribution in [0, 0.1) is 25.2 Å². The van der Waals surface area contributed by atoms with Crippen molar-refractivity contribution in [1.82, 2.24) is 5.32 Å². The molecule has 2 fully saturated rings. The van der Waals surface area contributed by atoms with E-state index in [1.807, 2.05) is 12.1 Å². The van der Waals surface area contributed by atoms with Gasteiger partial charge in [-0.25, -0.2) is 4.79 Å². The maximum absolute atomic E-state index is 13.2. The Balaban J connectivity index is 1.70.